The first kappa shape index (κ1) is 16.3. The normalized spacial score (nSPS) is 12.5. The zero-order chi connectivity index (χ0) is 15.4. The summed E-state index contributed by atoms with van der Waals surface area (Å²) in [5.41, 5.74) is 2.16. The molecule has 112 valence electrons. The molecule has 2 aromatic carbocycles. The lowest BCUT2D eigenvalue weighted by molar-refractivity contribution is 0.242. The predicted molar refractivity (Wildman–Crippen MR) is 92.3 cm³/mol. The van der Waals surface area contributed by atoms with Crippen LogP contribution in [0.2, 0.25) is 5.02 Å². The summed E-state index contributed by atoms with van der Waals surface area (Å²) >= 11 is 9.90. The van der Waals surface area contributed by atoms with E-state index in [9.17, 15) is 0 Å². The van der Waals surface area contributed by atoms with Crippen LogP contribution in [0.4, 0.5) is 0 Å². The first-order valence-corrected chi connectivity index (χ1v) is 8.07. The van der Waals surface area contributed by atoms with Crippen molar-refractivity contribution in [2.45, 2.75) is 26.0 Å². The Balaban J connectivity index is 2.39. The Kier molecular flexibility index (Phi) is 5.68. The van der Waals surface area contributed by atoms with Crippen LogP contribution in [0, 0.1) is 0 Å². The van der Waals surface area contributed by atoms with Crippen molar-refractivity contribution in [1.82, 2.24) is 5.32 Å². The molecule has 0 saturated heterocycles. The van der Waals surface area contributed by atoms with Crippen molar-refractivity contribution in [1.29, 1.82) is 0 Å². The van der Waals surface area contributed by atoms with E-state index in [1.54, 1.807) is 0 Å². The quantitative estimate of drug-likeness (QED) is 0.783. The van der Waals surface area contributed by atoms with E-state index in [1.807, 2.05) is 51.2 Å². The van der Waals surface area contributed by atoms with Crippen LogP contribution in [0.1, 0.15) is 31.0 Å². The van der Waals surface area contributed by atoms with Crippen molar-refractivity contribution in [3.05, 3.63) is 63.1 Å². The largest absolute Gasteiger partial charge is 0.491 e. The van der Waals surface area contributed by atoms with E-state index in [2.05, 4.69) is 33.4 Å². The van der Waals surface area contributed by atoms with Crippen LogP contribution in [-0.2, 0) is 0 Å². The molecule has 0 saturated carbocycles. The van der Waals surface area contributed by atoms with Crippen molar-refractivity contribution < 1.29 is 4.74 Å². The SMILES string of the molecule is CNC(c1cccc(OC(C)C)c1)c1cccc(Br)c1Cl. The summed E-state index contributed by atoms with van der Waals surface area (Å²) < 4.78 is 6.67. The van der Waals surface area contributed by atoms with Crippen LogP contribution in [0.5, 0.6) is 5.75 Å². The number of benzene rings is 2. The second-order valence-electron chi connectivity index (χ2n) is 5.10. The van der Waals surface area contributed by atoms with Crippen molar-refractivity contribution in [2.75, 3.05) is 7.05 Å². The Labute approximate surface area is 139 Å². The third kappa shape index (κ3) is 4.00. The molecule has 21 heavy (non-hydrogen) atoms. The summed E-state index contributed by atoms with van der Waals surface area (Å²) in [5.74, 6) is 0.869. The average Bonchev–Trinajstić information content (AvgIpc) is 2.44. The number of nitrogens with one attached hydrogen (secondary N) is 1. The van der Waals surface area contributed by atoms with Crippen LogP contribution < -0.4 is 10.1 Å². The van der Waals surface area contributed by atoms with Gasteiger partial charge in [-0.15, -0.1) is 0 Å². The number of rotatable bonds is 5. The van der Waals surface area contributed by atoms with E-state index in [1.165, 1.54) is 0 Å². The summed E-state index contributed by atoms with van der Waals surface area (Å²) in [6.45, 7) is 4.04. The zero-order valence-corrected chi connectivity index (χ0v) is 14.7. The Bertz CT molecular complexity index is 615. The molecule has 0 aliphatic rings. The highest BCUT2D eigenvalue weighted by Crippen LogP contribution is 2.34. The van der Waals surface area contributed by atoms with Crippen LogP contribution >= 0.6 is 27.5 Å². The molecule has 0 aromatic heterocycles. The number of hydrogen-bond acceptors (Lipinski definition) is 2. The van der Waals surface area contributed by atoms with Crippen LogP contribution in [0.3, 0.4) is 0 Å². The molecular formula is C17H19BrClNO. The van der Waals surface area contributed by atoms with Gasteiger partial charge in [-0.1, -0.05) is 35.9 Å². The smallest absolute Gasteiger partial charge is 0.120 e. The molecule has 0 aliphatic heterocycles. The van der Waals surface area contributed by atoms with Gasteiger partial charge in [-0.2, -0.15) is 0 Å². The molecule has 0 amide bonds. The molecule has 2 aromatic rings. The lowest BCUT2D eigenvalue weighted by Gasteiger charge is -2.20. The standard InChI is InChI=1S/C17H19BrClNO/c1-11(2)21-13-7-4-6-12(10-13)17(20-3)14-8-5-9-15(18)16(14)19/h4-11,17,20H,1-3H3. The van der Waals surface area contributed by atoms with Crippen LogP contribution in [-0.4, -0.2) is 13.2 Å². The van der Waals surface area contributed by atoms with Gasteiger partial charge in [0.05, 0.1) is 17.2 Å². The summed E-state index contributed by atoms with van der Waals surface area (Å²) in [5, 5.41) is 4.05. The summed E-state index contributed by atoms with van der Waals surface area (Å²) in [7, 11) is 1.93. The van der Waals surface area contributed by atoms with Crippen molar-refractivity contribution >= 4 is 27.5 Å². The topological polar surface area (TPSA) is 21.3 Å². The average molecular weight is 369 g/mol. The van der Waals surface area contributed by atoms with Crippen LogP contribution in [0.25, 0.3) is 0 Å². The number of ether oxygens (including phenoxy) is 1. The minimum absolute atomic E-state index is 0.0192. The molecule has 2 nitrogen and oxygen atoms in total. The second kappa shape index (κ2) is 7.30. The third-order valence-corrected chi connectivity index (χ3v) is 4.46. The third-order valence-electron chi connectivity index (χ3n) is 3.14. The first-order valence-electron chi connectivity index (χ1n) is 6.90. The van der Waals surface area contributed by atoms with Gasteiger partial charge in [0.25, 0.3) is 0 Å². The molecule has 1 atom stereocenters. The molecule has 0 fully saturated rings. The Morgan fingerprint density at radius 3 is 2.52 bits per heavy atom. The molecule has 0 aliphatic carbocycles. The van der Waals surface area contributed by atoms with Gasteiger partial charge in [0.15, 0.2) is 0 Å². The second-order valence-corrected chi connectivity index (χ2v) is 6.34. The van der Waals surface area contributed by atoms with Crippen molar-refractivity contribution in [3.8, 4) is 5.75 Å². The van der Waals surface area contributed by atoms with Crippen LogP contribution in [0.15, 0.2) is 46.9 Å². The minimum Gasteiger partial charge on any atom is -0.491 e. The van der Waals surface area contributed by atoms with E-state index in [4.69, 9.17) is 16.3 Å². The fourth-order valence-corrected chi connectivity index (χ4v) is 2.90. The van der Waals surface area contributed by atoms with Gasteiger partial charge in [-0.25, -0.2) is 0 Å². The predicted octanol–water partition coefficient (Wildman–Crippen LogP) is 5.20. The highest BCUT2D eigenvalue weighted by molar-refractivity contribution is 9.10. The summed E-state index contributed by atoms with van der Waals surface area (Å²) in [6, 6.07) is 14.1. The molecule has 1 N–H and O–H groups in total. The molecule has 0 bridgehead atoms. The van der Waals surface area contributed by atoms with Gasteiger partial charge in [0.2, 0.25) is 0 Å². The van der Waals surface area contributed by atoms with Gasteiger partial charge in [-0.05, 0) is 66.2 Å². The molecule has 2 rings (SSSR count). The van der Waals surface area contributed by atoms with Gasteiger partial charge >= 0.3 is 0 Å². The molecule has 4 heteroatoms. The van der Waals surface area contributed by atoms with E-state index in [-0.39, 0.29) is 12.1 Å². The Morgan fingerprint density at radius 1 is 1.14 bits per heavy atom. The van der Waals surface area contributed by atoms with E-state index < -0.39 is 0 Å². The van der Waals surface area contributed by atoms with Gasteiger partial charge in [-0.3, -0.25) is 0 Å². The number of halogens is 2. The van der Waals surface area contributed by atoms with Crippen molar-refractivity contribution in [2.24, 2.45) is 0 Å². The maximum absolute atomic E-state index is 6.42. The monoisotopic (exact) mass is 367 g/mol. The molecular weight excluding hydrogens is 350 g/mol. The Morgan fingerprint density at radius 2 is 1.86 bits per heavy atom. The fourth-order valence-electron chi connectivity index (χ4n) is 2.28. The maximum Gasteiger partial charge on any atom is 0.120 e. The molecule has 0 heterocycles. The first-order chi connectivity index (χ1) is 10.0. The zero-order valence-electron chi connectivity index (χ0n) is 12.4. The summed E-state index contributed by atoms with van der Waals surface area (Å²) in [4.78, 5) is 0. The van der Waals surface area contributed by atoms with Crippen molar-refractivity contribution in [3.63, 3.8) is 0 Å². The maximum atomic E-state index is 6.42. The minimum atomic E-state index is 0.0192. The van der Waals surface area contributed by atoms with Gasteiger partial charge < -0.3 is 10.1 Å². The van der Waals surface area contributed by atoms with E-state index in [0.29, 0.717) is 0 Å². The molecule has 0 radical (unpaired) electrons. The molecule has 1 unspecified atom stereocenters. The lowest BCUT2D eigenvalue weighted by atomic mass is 9.98. The molecule has 0 spiro atoms. The van der Waals surface area contributed by atoms with E-state index >= 15 is 0 Å². The number of hydrogen-bond donors (Lipinski definition) is 1. The van der Waals surface area contributed by atoms with Gasteiger partial charge in [0.1, 0.15) is 5.75 Å². The highest BCUT2D eigenvalue weighted by atomic mass is 79.9. The van der Waals surface area contributed by atoms with Gasteiger partial charge in [0, 0.05) is 4.47 Å². The summed E-state index contributed by atoms with van der Waals surface area (Å²) in [6.07, 6.45) is 0.155. The lowest BCUT2D eigenvalue weighted by Crippen LogP contribution is -2.18. The highest BCUT2D eigenvalue weighted by Gasteiger charge is 2.17. The fraction of sp³-hybridized carbons (Fsp3) is 0.294. The Hall–Kier alpha value is -1.03. The van der Waals surface area contributed by atoms with E-state index in [0.717, 1.165) is 26.4 Å².